The van der Waals surface area contributed by atoms with E-state index in [-0.39, 0.29) is 41.4 Å². The Kier molecular flexibility index (Phi) is 10.2. The second-order valence-corrected chi connectivity index (χ2v) is 16.9. The van der Waals surface area contributed by atoms with E-state index in [1.165, 1.54) is 31.4 Å². The second-order valence-electron chi connectivity index (χ2n) is 16.9. The number of fused-ring (bicyclic) bond motifs is 5. The van der Waals surface area contributed by atoms with Crippen molar-refractivity contribution in [3.05, 3.63) is 71.2 Å². The minimum atomic E-state index is -2.28. The molecule has 4 fully saturated rings. The molecule has 298 valence electrons. The molecule has 1 saturated heterocycles. The summed E-state index contributed by atoms with van der Waals surface area (Å²) in [5, 5.41) is 63.6. The highest BCUT2D eigenvalue weighted by atomic mass is 16.6. The van der Waals surface area contributed by atoms with Gasteiger partial charge in [-0.25, -0.2) is 9.59 Å². The zero-order valence-corrected chi connectivity index (χ0v) is 31.5. The van der Waals surface area contributed by atoms with Crippen LogP contribution < -0.4 is 5.32 Å². The van der Waals surface area contributed by atoms with E-state index in [4.69, 9.17) is 18.6 Å². The first kappa shape index (κ1) is 39.3. The first-order valence-corrected chi connectivity index (χ1v) is 19.1. The van der Waals surface area contributed by atoms with Gasteiger partial charge in [-0.15, -0.1) is 0 Å². The van der Waals surface area contributed by atoms with E-state index in [1.54, 1.807) is 45.0 Å². The Morgan fingerprint density at radius 2 is 1.65 bits per heavy atom. The molecule has 1 aliphatic heterocycles. The van der Waals surface area contributed by atoms with Crippen molar-refractivity contribution in [1.29, 1.82) is 0 Å². The van der Waals surface area contributed by atoms with Crippen LogP contribution in [0.25, 0.3) is 0 Å². The van der Waals surface area contributed by atoms with Gasteiger partial charge in [-0.05, 0) is 68.0 Å². The first-order chi connectivity index (χ1) is 26.0. The Morgan fingerprint density at radius 3 is 2.27 bits per heavy atom. The maximum absolute atomic E-state index is 14.7. The van der Waals surface area contributed by atoms with Gasteiger partial charge in [0.1, 0.15) is 29.5 Å². The molecule has 2 aromatic rings. The van der Waals surface area contributed by atoms with Gasteiger partial charge >= 0.3 is 11.9 Å². The van der Waals surface area contributed by atoms with E-state index in [1.807, 2.05) is 0 Å². The van der Waals surface area contributed by atoms with Crippen LogP contribution in [0.1, 0.15) is 93.6 Å². The molecular weight excluding hydrogens is 714 g/mol. The van der Waals surface area contributed by atoms with Crippen molar-refractivity contribution in [3.8, 4) is 0 Å². The number of hydrogen-bond donors (Lipinski definition) is 6. The number of aliphatic hydroxyl groups excluding tert-OH is 3. The van der Waals surface area contributed by atoms with E-state index in [9.17, 15) is 44.7 Å². The number of aliphatic hydroxyl groups is 5. The lowest BCUT2D eigenvalue weighted by molar-refractivity contribution is -0.343. The number of Topliss-reactive ketones (excluding diaryl/α,β-unsaturated/α-hetero) is 1. The van der Waals surface area contributed by atoms with Gasteiger partial charge in [0.05, 0.1) is 42.1 Å². The summed E-state index contributed by atoms with van der Waals surface area (Å²) in [7, 11) is 0. The van der Waals surface area contributed by atoms with E-state index in [0.717, 1.165) is 19.3 Å². The first-order valence-electron chi connectivity index (χ1n) is 19.1. The summed E-state index contributed by atoms with van der Waals surface area (Å²) in [5.74, 6) is -5.29. The van der Waals surface area contributed by atoms with Crippen LogP contribution in [0.3, 0.4) is 0 Å². The Bertz CT molecular complexity index is 1840. The summed E-state index contributed by atoms with van der Waals surface area (Å²) >= 11 is 0. The van der Waals surface area contributed by atoms with Crippen LogP contribution in [-0.4, -0.2) is 110 Å². The smallest absolute Gasteiger partial charge is 0.338 e. The Balaban J connectivity index is 1.30. The monoisotopic (exact) mass is 765 g/mol. The molecule has 9 unspecified atom stereocenters. The van der Waals surface area contributed by atoms with E-state index < -0.39 is 101 Å². The molecule has 7 rings (SSSR count). The van der Waals surface area contributed by atoms with Crippen LogP contribution in [0.5, 0.6) is 0 Å². The number of carbonyl (C=O) groups is 4. The molecule has 0 spiro atoms. The van der Waals surface area contributed by atoms with Crippen molar-refractivity contribution in [3.63, 3.8) is 0 Å². The molecule has 1 aromatic carbocycles. The van der Waals surface area contributed by atoms with Gasteiger partial charge in [-0.1, -0.05) is 51.3 Å². The van der Waals surface area contributed by atoms with Crippen molar-refractivity contribution in [2.75, 3.05) is 6.61 Å². The second kappa shape index (κ2) is 14.2. The number of esters is 2. The third-order valence-corrected chi connectivity index (χ3v) is 13.7. The Labute approximate surface area is 318 Å². The molecule has 1 amide bonds. The highest BCUT2D eigenvalue weighted by Gasteiger charge is 2.76. The third-order valence-electron chi connectivity index (χ3n) is 13.7. The van der Waals surface area contributed by atoms with Crippen molar-refractivity contribution >= 4 is 23.6 Å². The molecule has 55 heavy (non-hydrogen) atoms. The highest BCUT2D eigenvalue weighted by Crippen LogP contribution is 2.63. The molecule has 2 bridgehead atoms. The van der Waals surface area contributed by atoms with Crippen LogP contribution in [-0.2, 0) is 23.8 Å². The van der Waals surface area contributed by atoms with Crippen molar-refractivity contribution < 1.29 is 63.3 Å². The van der Waals surface area contributed by atoms with Gasteiger partial charge in [-0.3, -0.25) is 9.59 Å². The number of rotatable bonds is 8. The lowest BCUT2D eigenvalue weighted by atomic mass is 9.44. The largest absolute Gasteiger partial charge is 0.459 e. The fourth-order valence-electron chi connectivity index (χ4n) is 10.3. The summed E-state index contributed by atoms with van der Waals surface area (Å²) < 4.78 is 23.1. The van der Waals surface area contributed by atoms with Gasteiger partial charge in [-0.2, -0.15) is 0 Å². The molecule has 11 atom stereocenters. The van der Waals surface area contributed by atoms with Crippen LogP contribution in [0.2, 0.25) is 0 Å². The summed E-state index contributed by atoms with van der Waals surface area (Å²) in [6.45, 7) is 5.78. The number of amides is 1. The molecule has 3 saturated carbocycles. The predicted molar refractivity (Wildman–Crippen MR) is 192 cm³/mol. The number of benzene rings is 1. The number of nitrogens with one attached hydrogen (secondary N) is 1. The number of furan rings is 1. The molecule has 5 aliphatic rings. The van der Waals surface area contributed by atoms with E-state index in [2.05, 4.69) is 5.32 Å². The molecule has 6 N–H and O–H groups in total. The van der Waals surface area contributed by atoms with Crippen LogP contribution >= 0.6 is 0 Å². The Hall–Kier alpha value is -3.92. The standard InChI is InChI=1S/C41H51NO13/c1-21-25(54-37(49)31(45)29(22-12-7-5-8-13-22)42-35(47)24-16-11-17-52-24)19-41(51)34(55-36(48)23-14-9-6-10-15-23)32-39(4,26(43)18-27-40(32,50)20-53-27)33(46)30(44)28(21)38(41,2)3/h6,9-11,14-17,22,25-27,29-32,34,43-45,50-51H,5,7-8,12-13,18-20H2,1-4H3,(H,42,47)/t25?,26?,27?,29?,30?,31?,32?,34?,39-,40+,41?/m1/s1. The fourth-order valence-corrected chi connectivity index (χ4v) is 10.3. The summed E-state index contributed by atoms with van der Waals surface area (Å²) in [6, 6.07) is 9.89. The van der Waals surface area contributed by atoms with Gasteiger partial charge < -0.3 is 49.5 Å². The lowest BCUT2D eigenvalue weighted by Crippen LogP contribution is -2.81. The quantitative estimate of drug-likeness (QED) is 0.168. The minimum absolute atomic E-state index is 0.00540. The molecule has 4 aliphatic carbocycles. The zero-order chi connectivity index (χ0) is 39.7. The maximum Gasteiger partial charge on any atom is 0.338 e. The summed E-state index contributed by atoms with van der Waals surface area (Å²) in [5.41, 5.74) is -7.37. The zero-order valence-electron chi connectivity index (χ0n) is 31.5. The van der Waals surface area contributed by atoms with Crippen LogP contribution in [0, 0.1) is 22.7 Å². The van der Waals surface area contributed by atoms with Crippen LogP contribution in [0.15, 0.2) is 64.3 Å². The summed E-state index contributed by atoms with van der Waals surface area (Å²) in [6.07, 6.45) is -4.78. The van der Waals surface area contributed by atoms with Crippen molar-refractivity contribution in [2.45, 2.75) is 127 Å². The van der Waals surface area contributed by atoms with E-state index in [0.29, 0.717) is 12.8 Å². The SMILES string of the molecule is CC1=C2C(O)C(=O)[C@]3(C)C(O)CC4OC[C@@]4(O)C3C(OC(=O)c3ccccc3)C(O)(CC1OC(=O)C(O)C(NC(=O)c1ccco1)C1CCCCC1)C2(C)C. The number of hydrogen-bond acceptors (Lipinski definition) is 13. The van der Waals surface area contributed by atoms with Gasteiger partial charge in [0, 0.05) is 24.2 Å². The third kappa shape index (κ3) is 6.16. The van der Waals surface area contributed by atoms with Crippen molar-refractivity contribution in [1.82, 2.24) is 5.32 Å². The predicted octanol–water partition coefficient (Wildman–Crippen LogP) is 2.39. The molecule has 1 aromatic heterocycles. The lowest BCUT2D eigenvalue weighted by Gasteiger charge is -2.66. The van der Waals surface area contributed by atoms with Gasteiger partial charge in [0.2, 0.25) is 0 Å². The average molecular weight is 766 g/mol. The summed E-state index contributed by atoms with van der Waals surface area (Å²) in [4.78, 5) is 55.8. The average Bonchev–Trinajstić information content (AvgIpc) is 3.72. The fraction of sp³-hybridized carbons (Fsp3) is 0.610. The van der Waals surface area contributed by atoms with Gasteiger partial charge in [0.15, 0.2) is 17.6 Å². The highest BCUT2D eigenvalue weighted by molar-refractivity contribution is 5.94. The number of ketones is 1. The molecule has 14 nitrogen and oxygen atoms in total. The molecule has 0 radical (unpaired) electrons. The molecule has 2 heterocycles. The molecule has 14 heteroatoms. The number of carbonyl (C=O) groups excluding carboxylic acids is 4. The topological polar surface area (TPSA) is 222 Å². The maximum atomic E-state index is 14.7. The van der Waals surface area contributed by atoms with Gasteiger partial charge in [0.25, 0.3) is 5.91 Å². The number of ether oxygens (including phenoxy) is 3. The normalized spacial score (nSPS) is 36.9. The van der Waals surface area contributed by atoms with Crippen LogP contribution in [0.4, 0.5) is 0 Å². The van der Waals surface area contributed by atoms with E-state index >= 15 is 0 Å². The van der Waals surface area contributed by atoms with Crippen molar-refractivity contribution in [2.24, 2.45) is 22.7 Å². The molecular formula is C41H51NO13. The minimum Gasteiger partial charge on any atom is -0.459 e. The Morgan fingerprint density at radius 1 is 0.964 bits per heavy atom.